The Bertz CT molecular complexity index is 1600. The quantitative estimate of drug-likeness (QED) is 0.145. The van der Waals surface area contributed by atoms with Crippen LogP contribution in [0.4, 0.5) is 13.2 Å². The number of carbonyl (C=O) groups is 2. The maximum absolute atomic E-state index is 14.0. The Labute approximate surface area is 271 Å². The molecule has 2 aliphatic rings. The van der Waals surface area contributed by atoms with E-state index in [2.05, 4.69) is 35.1 Å². The molecule has 0 aliphatic carbocycles. The van der Waals surface area contributed by atoms with E-state index in [-0.39, 0.29) is 42.1 Å². The standard InChI is InChI=1S/C39H43F3N2O2/c1-4-6-15-34(45)16-11-13-29-21-22-32(24-35(29)39(40,41)42)38-36(44-38)25-37(46)31-19-17-27(3)30(23-31)20-18-28-12-9-7-8-10-14-33(5-2)43-26-28/h7-8,10,14,17,19,21-24,26,36,38,44H,4-6,9,11-13,15-16,25H2,1-3H3. The summed E-state index contributed by atoms with van der Waals surface area (Å²) >= 11 is 0. The molecular formula is C39H43F3N2O2. The molecule has 2 aromatic carbocycles. The Morgan fingerprint density at radius 2 is 1.83 bits per heavy atom. The molecule has 7 heteroatoms. The molecule has 0 amide bonds. The number of ketones is 2. The van der Waals surface area contributed by atoms with E-state index in [0.717, 1.165) is 54.5 Å². The van der Waals surface area contributed by atoms with E-state index in [1.165, 1.54) is 12.1 Å². The fourth-order valence-electron chi connectivity index (χ4n) is 5.47. The molecule has 0 aromatic heterocycles. The summed E-state index contributed by atoms with van der Waals surface area (Å²) in [5, 5.41) is 3.19. The number of aliphatic imine (C=N–C) groups is 1. The first-order valence-corrected chi connectivity index (χ1v) is 16.3. The predicted octanol–water partition coefficient (Wildman–Crippen LogP) is 9.37. The van der Waals surface area contributed by atoms with Crippen LogP contribution in [0.15, 0.2) is 77.5 Å². The van der Waals surface area contributed by atoms with Crippen molar-refractivity contribution in [2.75, 3.05) is 0 Å². The Kier molecular flexibility index (Phi) is 12.5. The van der Waals surface area contributed by atoms with E-state index in [0.29, 0.717) is 30.4 Å². The number of allylic oxidation sites excluding steroid dienone is 5. The van der Waals surface area contributed by atoms with Crippen LogP contribution in [0.3, 0.4) is 0 Å². The largest absolute Gasteiger partial charge is 0.416 e. The van der Waals surface area contributed by atoms with E-state index in [1.54, 1.807) is 18.2 Å². The number of alkyl halides is 3. The molecule has 4 rings (SSSR count). The van der Waals surface area contributed by atoms with Crippen molar-refractivity contribution >= 4 is 17.3 Å². The summed E-state index contributed by atoms with van der Waals surface area (Å²) in [6, 6.07) is 9.32. The predicted molar refractivity (Wildman–Crippen MR) is 179 cm³/mol. The van der Waals surface area contributed by atoms with Crippen LogP contribution in [0.2, 0.25) is 0 Å². The van der Waals surface area contributed by atoms with Gasteiger partial charge in [-0.15, -0.1) is 0 Å². The van der Waals surface area contributed by atoms with E-state index >= 15 is 0 Å². The summed E-state index contributed by atoms with van der Waals surface area (Å²) in [5.74, 6) is 6.49. The lowest BCUT2D eigenvalue weighted by molar-refractivity contribution is -0.138. The monoisotopic (exact) mass is 628 g/mol. The first-order chi connectivity index (χ1) is 22.1. The van der Waals surface area contributed by atoms with Gasteiger partial charge < -0.3 is 5.32 Å². The third-order valence-corrected chi connectivity index (χ3v) is 8.38. The molecule has 0 bridgehead atoms. The zero-order chi connectivity index (χ0) is 33.1. The Morgan fingerprint density at radius 3 is 2.59 bits per heavy atom. The van der Waals surface area contributed by atoms with Crippen molar-refractivity contribution in [1.29, 1.82) is 0 Å². The number of nitrogens with one attached hydrogen (secondary N) is 1. The topological polar surface area (TPSA) is 68.4 Å². The number of aryl methyl sites for hydroxylation is 2. The molecule has 0 spiro atoms. The SMILES string of the molecule is CCCCC(=O)CCCc1ccc(C2NC2CC(=O)c2ccc(C)c(C#CC3=CN=C(CC)C=CC=CCC3)c2)cc1C(F)(F)F. The Hall–Kier alpha value is -4.02. The zero-order valence-corrected chi connectivity index (χ0v) is 27.0. The number of hydrogen-bond donors (Lipinski definition) is 1. The van der Waals surface area contributed by atoms with Crippen molar-refractivity contribution in [2.45, 2.75) is 103 Å². The average molecular weight is 629 g/mol. The lowest BCUT2D eigenvalue weighted by Gasteiger charge is -2.14. The third-order valence-electron chi connectivity index (χ3n) is 8.38. The minimum atomic E-state index is -4.50. The number of nitrogens with zero attached hydrogens (tertiary/aromatic N) is 1. The highest BCUT2D eigenvalue weighted by Gasteiger charge is 2.41. The molecule has 2 atom stereocenters. The van der Waals surface area contributed by atoms with Gasteiger partial charge in [0.05, 0.1) is 5.56 Å². The summed E-state index contributed by atoms with van der Waals surface area (Å²) in [4.78, 5) is 29.8. The molecule has 2 heterocycles. The van der Waals surface area contributed by atoms with Crippen LogP contribution in [0, 0.1) is 18.8 Å². The van der Waals surface area contributed by atoms with Crippen molar-refractivity contribution in [1.82, 2.24) is 5.32 Å². The van der Waals surface area contributed by atoms with Gasteiger partial charge in [0.15, 0.2) is 5.78 Å². The maximum atomic E-state index is 14.0. The van der Waals surface area contributed by atoms with Gasteiger partial charge in [0.1, 0.15) is 5.78 Å². The van der Waals surface area contributed by atoms with E-state index in [1.807, 2.05) is 44.3 Å². The van der Waals surface area contributed by atoms with Crippen LogP contribution in [0.25, 0.3) is 0 Å². The molecular weight excluding hydrogens is 585 g/mol. The molecule has 1 saturated heterocycles. The van der Waals surface area contributed by atoms with E-state index in [4.69, 9.17) is 0 Å². The summed E-state index contributed by atoms with van der Waals surface area (Å²) in [5.41, 5.74) is 4.18. The van der Waals surface area contributed by atoms with Crippen molar-refractivity contribution in [3.05, 3.63) is 106 Å². The van der Waals surface area contributed by atoms with Crippen LogP contribution < -0.4 is 5.32 Å². The summed E-state index contributed by atoms with van der Waals surface area (Å²) in [6.07, 6.45) is 11.1. The molecule has 0 saturated carbocycles. The zero-order valence-electron chi connectivity index (χ0n) is 27.0. The lowest BCUT2D eigenvalue weighted by Crippen LogP contribution is -2.11. The van der Waals surface area contributed by atoms with Gasteiger partial charge in [-0.25, -0.2) is 0 Å². The fourth-order valence-corrected chi connectivity index (χ4v) is 5.47. The van der Waals surface area contributed by atoms with Crippen molar-refractivity contribution in [3.63, 3.8) is 0 Å². The van der Waals surface area contributed by atoms with Gasteiger partial charge in [-0.3, -0.25) is 14.6 Å². The second kappa shape index (κ2) is 16.5. The normalized spacial score (nSPS) is 17.9. The Morgan fingerprint density at radius 1 is 1.02 bits per heavy atom. The molecule has 0 radical (unpaired) electrons. The molecule has 1 fully saturated rings. The smallest absolute Gasteiger partial charge is 0.303 e. The van der Waals surface area contributed by atoms with Gasteiger partial charge in [-0.1, -0.05) is 74.6 Å². The van der Waals surface area contributed by atoms with Gasteiger partial charge in [0.2, 0.25) is 0 Å². The average Bonchev–Trinajstić information content (AvgIpc) is 3.80. The summed E-state index contributed by atoms with van der Waals surface area (Å²) in [6.45, 7) is 6.01. The lowest BCUT2D eigenvalue weighted by atomic mass is 9.95. The van der Waals surface area contributed by atoms with Gasteiger partial charge in [-0.2, -0.15) is 13.2 Å². The van der Waals surface area contributed by atoms with Crippen molar-refractivity contribution in [2.24, 2.45) is 4.99 Å². The minimum Gasteiger partial charge on any atom is -0.303 e. The third kappa shape index (κ3) is 10.3. The number of rotatable bonds is 12. The first kappa shape index (κ1) is 34.8. The second-order valence-corrected chi connectivity index (χ2v) is 12.0. The molecule has 2 unspecified atom stereocenters. The highest BCUT2D eigenvalue weighted by Crippen LogP contribution is 2.39. The number of hydrogen-bond acceptors (Lipinski definition) is 4. The van der Waals surface area contributed by atoms with Crippen molar-refractivity contribution in [3.8, 4) is 11.8 Å². The highest BCUT2D eigenvalue weighted by atomic mass is 19.4. The highest BCUT2D eigenvalue weighted by molar-refractivity contribution is 5.97. The van der Waals surface area contributed by atoms with E-state index in [9.17, 15) is 22.8 Å². The summed E-state index contributed by atoms with van der Waals surface area (Å²) < 4.78 is 42.0. The molecule has 2 aliphatic heterocycles. The van der Waals surface area contributed by atoms with Crippen LogP contribution in [0.5, 0.6) is 0 Å². The van der Waals surface area contributed by atoms with Gasteiger partial charge in [0, 0.05) is 60.0 Å². The van der Waals surface area contributed by atoms with Gasteiger partial charge in [-0.05, 0) is 80.3 Å². The van der Waals surface area contributed by atoms with Gasteiger partial charge in [0.25, 0.3) is 0 Å². The number of benzene rings is 2. The molecule has 242 valence electrons. The number of halogens is 3. The molecule has 46 heavy (non-hydrogen) atoms. The van der Waals surface area contributed by atoms with Crippen LogP contribution in [-0.2, 0) is 17.4 Å². The van der Waals surface area contributed by atoms with Gasteiger partial charge >= 0.3 is 6.18 Å². The second-order valence-electron chi connectivity index (χ2n) is 12.0. The van der Waals surface area contributed by atoms with E-state index < -0.39 is 11.7 Å². The molecule has 4 nitrogen and oxygen atoms in total. The first-order valence-electron chi connectivity index (χ1n) is 16.3. The van der Waals surface area contributed by atoms with Crippen molar-refractivity contribution < 1.29 is 22.8 Å². The number of Topliss-reactive ketones (excluding diaryl/α,β-unsaturated/α-hetero) is 2. The number of carbonyl (C=O) groups excluding carboxylic acids is 2. The molecule has 2 aromatic rings. The maximum Gasteiger partial charge on any atom is 0.416 e. The Balaban J connectivity index is 1.42. The van der Waals surface area contributed by atoms with Crippen LogP contribution >= 0.6 is 0 Å². The molecule has 1 N–H and O–H groups in total. The van der Waals surface area contributed by atoms with Crippen LogP contribution in [0.1, 0.15) is 116 Å². The summed E-state index contributed by atoms with van der Waals surface area (Å²) in [7, 11) is 0. The minimum absolute atomic E-state index is 0.0875. The number of unbranched alkanes of at least 4 members (excludes halogenated alkanes) is 1. The van der Waals surface area contributed by atoms with Crippen LogP contribution in [-0.4, -0.2) is 23.3 Å². The fraction of sp³-hybridized carbons (Fsp3) is 0.410.